The Morgan fingerprint density at radius 3 is 2.65 bits per heavy atom. The Balaban J connectivity index is 1.41. The first kappa shape index (κ1) is 22.3. The van der Waals surface area contributed by atoms with E-state index in [9.17, 15) is 4.79 Å². The molecule has 0 radical (unpaired) electrons. The summed E-state index contributed by atoms with van der Waals surface area (Å²) >= 11 is 0. The number of carbonyl (C=O) groups excluding carboxylic acids is 1. The lowest BCUT2D eigenvalue weighted by atomic mass is 10.1. The van der Waals surface area contributed by atoms with Crippen molar-refractivity contribution in [2.75, 3.05) is 26.2 Å². The summed E-state index contributed by atoms with van der Waals surface area (Å²) in [4.78, 5) is 23.0. The number of hydrogen-bond donors (Lipinski definition) is 0. The molecule has 4 heterocycles. The van der Waals surface area contributed by atoms with Gasteiger partial charge in [-0.1, -0.05) is 29.8 Å². The molecule has 34 heavy (non-hydrogen) atoms. The smallest absolute Gasteiger partial charge is 0.254 e. The lowest BCUT2D eigenvalue weighted by Crippen LogP contribution is -2.35. The van der Waals surface area contributed by atoms with Crippen LogP contribution in [0.2, 0.25) is 0 Å². The third kappa shape index (κ3) is 4.48. The molecule has 1 aliphatic rings. The van der Waals surface area contributed by atoms with E-state index in [-0.39, 0.29) is 11.9 Å². The molecule has 1 aliphatic heterocycles. The number of amides is 1. The van der Waals surface area contributed by atoms with Crippen molar-refractivity contribution in [3.05, 3.63) is 71.6 Å². The van der Waals surface area contributed by atoms with Crippen molar-refractivity contribution in [3.8, 4) is 11.5 Å². The predicted octanol–water partition coefficient (Wildman–Crippen LogP) is 4.93. The summed E-state index contributed by atoms with van der Waals surface area (Å²) in [6, 6.07) is 14.4. The van der Waals surface area contributed by atoms with E-state index in [1.165, 1.54) is 11.1 Å². The van der Waals surface area contributed by atoms with Crippen LogP contribution in [-0.4, -0.2) is 56.7 Å². The summed E-state index contributed by atoms with van der Waals surface area (Å²) in [5, 5.41) is 5.32. The minimum Gasteiger partial charge on any atom is -0.463 e. The highest BCUT2D eigenvalue weighted by Crippen LogP contribution is 2.28. The molecule has 1 aromatic carbocycles. The van der Waals surface area contributed by atoms with Crippen molar-refractivity contribution in [2.24, 2.45) is 0 Å². The molecule has 0 unspecified atom stereocenters. The molecule has 1 fully saturated rings. The quantitative estimate of drug-likeness (QED) is 0.425. The largest absolute Gasteiger partial charge is 0.463 e. The zero-order chi connectivity index (χ0) is 23.7. The Morgan fingerprint density at radius 1 is 1.09 bits per heavy atom. The highest BCUT2D eigenvalue weighted by atomic mass is 16.3. The minimum absolute atomic E-state index is 0.0284. The molecule has 0 spiro atoms. The van der Waals surface area contributed by atoms with Crippen LogP contribution in [-0.2, 0) is 6.54 Å². The first-order valence-corrected chi connectivity index (χ1v) is 12.0. The highest BCUT2D eigenvalue weighted by Gasteiger charge is 2.25. The topological polar surface area (TPSA) is 67.4 Å². The Morgan fingerprint density at radius 2 is 1.91 bits per heavy atom. The number of nitrogens with zero attached hydrogens (tertiary/aromatic N) is 5. The van der Waals surface area contributed by atoms with Crippen LogP contribution in [0.15, 0.2) is 59.3 Å². The normalized spacial score (nSPS) is 15.2. The van der Waals surface area contributed by atoms with Crippen LogP contribution in [0.25, 0.3) is 22.5 Å². The van der Waals surface area contributed by atoms with Gasteiger partial charge in [-0.3, -0.25) is 9.69 Å². The molecular weight excluding hydrogens is 426 g/mol. The third-order valence-electron chi connectivity index (χ3n) is 6.46. The Kier molecular flexibility index (Phi) is 6.20. The SMILES string of the molecule is Cc1ccc(CN2CCCN(C(=O)c3cc(-c4ccco4)nc4c3cnn4C(C)C)CC2)cc1. The van der Waals surface area contributed by atoms with Crippen molar-refractivity contribution >= 4 is 16.9 Å². The summed E-state index contributed by atoms with van der Waals surface area (Å²) < 4.78 is 7.47. The van der Waals surface area contributed by atoms with Gasteiger partial charge in [0.2, 0.25) is 0 Å². The van der Waals surface area contributed by atoms with Gasteiger partial charge < -0.3 is 9.32 Å². The van der Waals surface area contributed by atoms with Crippen LogP contribution in [0.5, 0.6) is 0 Å². The first-order valence-electron chi connectivity index (χ1n) is 12.0. The highest BCUT2D eigenvalue weighted by molar-refractivity contribution is 6.06. The average Bonchev–Trinajstić information content (AvgIpc) is 3.46. The van der Waals surface area contributed by atoms with E-state index < -0.39 is 0 Å². The average molecular weight is 458 g/mol. The fourth-order valence-corrected chi connectivity index (χ4v) is 4.58. The van der Waals surface area contributed by atoms with Crippen LogP contribution >= 0.6 is 0 Å². The van der Waals surface area contributed by atoms with Gasteiger partial charge in [0, 0.05) is 38.8 Å². The maximum absolute atomic E-state index is 13.8. The van der Waals surface area contributed by atoms with Crippen molar-refractivity contribution < 1.29 is 9.21 Å². The lowest BCUT2D eigenvalue weighted by Gasteiger charge is -2.22. The Bertz CT molecular complexity index is 1270. The van der Waals surface area contributed by atoms with E-state index in [0.717, 1.165) is 38.0 Å². The molecule has 5 rings (SSSR count). The second-order valence-electron chi connectivity index (χ2n) is 9.36. The summed E-state index contributed by atoms with van der Waals surface area (Å²) in [6.07, 6.45) is 4.34. The summed E-state index contributed by atoms with van der Waals surface area (Å²) in [6.45, 7) is 10.4. The molecule has 0 saturated carbocycles. The van der Waals surface area contributed by atoms with Crippen LogP contribution in [0, 0.1) is 6.92 Å². The van der Waals surface area contributed by atoms with Gasteiger partial charge in [0.1, 0.15) is 5.69 Å². The molecule has 0 atom stereocenters. The zero-order valence-corrected chi connectivity index (χ0v) is 20.1. The van der Waals surface area contributed by atoms with Crippen molar-refractivity contribution in [2.45, 2.75) is 39.8 Å². The first-order chi connectivity index (χ1) is 16.5. The van der Waals surface area contributed by atoms with Crippen molar-refractivity contribution in [1.29, 1.82) is 0 Å². The minimum atomic E-state index is 0.0284. The fourth-order valence-electron chi connectivity index (χ4n) is 4.58. The van der Waals surface area contributed by atoms with Gasteiger partial charge in [-0.2, -0.15) is 5.10 Å². The third-order valence-corrected chi connectivity index (χ3v) is 6.46. The van der Waals surface area contributed by atoms with Crippen LogP contribution in [0.1, 0.15) is 47.8 Å². The maximum Gasteiger partial charge on any atom is 0.254 e. The van der Waals surface area contributed by atoms with E-state index in [0.29, 0.717) is 29.2 Å². The standard InChI is InChI=1S/C27H31N5O2/c1-19(2)32-26-23(17-28-32)22(16-24(29-26)25-6-4-15-34-25)27(33)31-12-5-11-30(13-14-31)18-21-9-7-20(3)8-10-21/h4,6-10,15-17,19H,5,11-14,18H2,1-3H3. The fraction of sp³-hybridized carbons (Fsp3) is 0.370. The van der Waals surface area contributed by atoms with E-state index in [2.05, 4.69) is 55.0 Å². The molecule has 0 bridgehead atoms. The number of fused-ring (bicyclic) bond motifs is 1. The number of aryl methyl sites for hydroxylation is 1. The van der Waals surface area contributed by atoms with Gasteiger partial charge in [-0.25, -0.2) is 9.67 Å². The maximum atomic E-state index is 13.8. The van der Waals surface area contributed by atoms with Gasteiger partial charge in [0.05, 0.1) is 23.4 Å². The summed E-state index contributed by atoms with van der Waals surface area (Å²) in [5.74, 6) is 0.674. The number of pyridine rings is 1. The zero-order valence-electron chi connectivity index (χ0n) is 20.1. The monoisotopic (exact) mass is 457 g/mol. The van der Waals surface area contributed by atoms with Gasteiger partial charge in [-0.15, -0.1) is 0 Å². The number of hydrogen-bond acceptors (Lipinski definition) is 5. The van der Waals surface area contributed by atoms with E-state index in [1.807, 2.05) is 27.8 Å². The van der Waals surface area contributed by atoms with Crippen molar-refractivity contribution in [3.63, 3.8) is 0 Å². The molecule has 176 valence electrons. The second-order valence-corrected chi connectivity index (χ2v) is 9.36. The molecule has 0 N–H and O–H groups in total. The molecule has 0 aliphatic carbocycles. The second kappa shape index (κ2) is 9.43. The Hall–Kier alpha value is -3.45. The van der Waals surface area contributed by atoms with Crippen LogP contribution < -0.4 is 0 Å². The number of benzene rings is 1. The number of furan rings is 1. The van der Waals surface area contributed by atoms with E-state index in [4.69, 9.17) is 9.40 Å². The van der Waals surface area contributed by atoms with E-state index in [1.54, 1.807) is 12.5 Å². The summed E-state index contributed by atoms with van der Waals surface area (Å²) in [7, 11) is 0. The number of aromatic nitrogens is 3. The van der Waals surface area contributed by atoms with Gasteiger partial charge >= 0.3 is 0 Å². The molecule has 1 saturated heterocycles. The molecule has 7 heteroatoms. The predicted molar refractivity (Wildman–Crippen MR) is 133 cm³/mol. The van der Waals surface area contributed by atoms with Gasteiger partial charge in [0.25, 0.3) is 5.91 Å². The number of carbonyl (C=O) groups is 1. The molecule has 4 aromatic rings. The molecule has 3 aromatic heterocycles. The van der Waals surface area contributed by atoms with Gasteiger partial charge in [0.15, 0.2) is 11.4 Å². The van der Waals surface area contributed by atoms with Gasteiger partial charge in [-0.05, 0) is 51.0 Å². The van der Waals surface area contributed by atoms with E-state index >= 15 is 0 Å². The van der Waals surface area contributed by atoms with Crippen LogP contribution in [0.4, 0.5) is 0 Å². The molecule has 1 amide bonds. The number of rotatable bonds is 5. The Labute approximate surface area is 200 Å². The molecule has 7 nitrogen and oxygen atoms in total. The summed E-state index contributed by atoms with van der Waals surface area (Å²) in [5.41, 5.74) is 4.58. The molecular formula is C27H31N5O2. The van der Waals surface area contributed by atoms with Crippen molar-refractivity contribution in [1.82, 2.24) is 24.6 Å². The van der Waals surface area contributed by atoms with Crippen LogP contribution in [0.3, 0.4) is 0 Å². The lowest BCUT2D eigenvalue weighted by molar-refractivity contribution is 0.0763.